The van der Waals surface area contributed by atoms with Gasteiger partial charge in [-0.3, -0.25) is 19.2 Å². The predicted octanol–water partition coefficient (Wildman–Crippen LogP) is 1.90. The first kappa shape index (κ1) is 26.3. The second-order valence-corrected chi connectivity index (χ2v) is 11.5. The summed E-state index contributed by atoms with van der Waals surface area (Å²) in [6.45, 7) is 3.47. The van der Waals surface area contributed by atoms with Gasteiger partial charge >= 0.3 is 5.97 Å². The van der Waals surface area contributed by atoms with Crippen LogP contribution >= 0.6 is 11.8 Å². The summed E-state index contributed by atoms with van der Waals surface area (Å²) in [4.78, 5) is 65.7. The molecule has 0 spiro atoms. The van der Waals surface area contributed by atoms with E-state index in [-0.39, 0.29) is 16.5 Å². The van der Waals surface area contributed by atoms with Gasteiger partial charge in [0.2, 0.25) is 17.2 Å². The Morgan fingerprint density at radius 2 is 1.85 bits per heavy atom. The van der Waals surface area contributed by atoms with E-state index < -0.39 is 57.4 Å². The Labute approximate surface area is 226 Å². The van der Waals surface area contributed by atoms with Crippen LogP contribution in [0.3, 0.4) is 0 Å². The number of methoxy groups -OCH3 is 1. The van der Waals surface area contributed by atoms with Crippen molar-refractivity contribution in [3.05, 3.63) is 76.1 Å². The summed E-state index contributed by atoms with van der Waals surface area (Å²) in [6, 6.07) is 9.70. The quantitative estimate of drug-likeness (QED) is 0.373. The van der Waals surface area contributed by atoms with Gasteiger partial charge in [-0.15, -0.1) is 11.8 Å². The highest BCUT2D eigenvalue weighted by Gasteiger charge is 2.64. The standard InChI is InChI=1S/C27H25N3O8S/c1-27(2)21(26(35)36)30-24(34)19(25(30)39-27)29-23(33)18(13-7-5-4-6-8-13)28-22(32)16-12-38-17-11-14(37-3)9-10-15(17)20(16)31/h4-12,18-19,21,25H,1-3H3,(H,28,32)(H,29,33)(H,35,36)/t18?,19-,21+,25-/m1/s1. The molecular weight excluding hydrogens is 526 g/mol. The van der Waals surface area contributed by atoms with Crippen LogP contribution in [0.25, 0.3) is 11.0 Å². The third-order valence-electron chi connectivity index (χ3n) is 6.87. The van der Waals surface area contributed by atoms with Crippen molar-refractivity contribution in [3.63, 3.8) is 0 Å². The third-order valence-corrected chi connectivity index (χ3v) is 8.44. The minimum absolute atomic E-state index is 0.165. The zero-order valence-corrected chi connectivity index (χ0v) is 22.0. The monoisotopic (exact) mass is 551 g/mol. The van der Waals surface area contributed by atoms with Crippen LogP contribution < -0.4 is 20.8 Å². The van der Waals surface area contributed by atoms with E-state index in [9.17, 15) is 29.1 Å². The minimum atomic E-state index is -1.25. The molecule has 0 saturated carbocycles. The highest BCUT2D eigenvalue weighted by atomic mass is 32.2. The number of ether oxygens (including phenoxy) is 1. The number of nitrogens with zero attached hydrogens (tertiary/aromatic N) is 1. The molecule has 2 aliphatic rings. The Morgan fingerprint density at radius 1 is 1.13 bits per heavy atom. The summed E-state index contributed by atoms with van der Waals surface area (Å²) in [7, 11) is 1.47. The Balaban J connectivity index is 1.39. The number of rotatable bonds is 7. The zero-order valence-electron chi connectivity index (χ0n) is 21.2. The first-order valence-corrected chi connectivity index (χ1v) is 12.9. The lowest BCUT2D eigenvalue weighted by molar-refractivity contribution is -0.161. The molecule has 11 nitrogen and oxygen atoms in total. The van der Waals surface area contributed by atoms with Crippen LogP contribution in [0, 0.1) is 0 Å². The van der Waals surface area contributed by atoms with Crippen molar-refractivity contribution in [2.24, 2.45) is 0 Å². The average Bonchev–Trinajstić information content (AvgIpc) is 3.18. The molecule has 0 aliphatic carbocycles. The molecule has 3 N–H and O–H groups in total. The van der Waals surface area contributed by atoms with Crippen molar-refractivity contribution >= 4 is 46.4 Å². The number of carbonyl (C=O) groups is 4. The fourth-order valence-electron chi connectivity index (χ4n) is 4.93. The van der Waals surface area contributed by atoms with E-state index in [0.717, 1.165) is 6.26 Å². The van der Waals surface area contributed by atoms with Crippen LogP contribution in [0.2, 0.25) is 0 Å². The van der Waals surface area contributed by atoms with Gasteiger partial charge in [-0.25, -0.2) is 4.79 Å². The van der Waals surface area contributed by atoms with Gasteiger partial charge < -0.3 is 29.8 Å². The normalized spacial score (nSPS) is 22.0. The van der Waals surface area contributed by atoms with E-state index in [1.165, 1.54) is 35.9 Å². The van der Waals surface area contributed by atoms with E-state index in [4.69, 9.17) is 9.15 Å². The number of hydrogen-bond acceptors (Lipinski definition) is 8. The van der Waals surface area contributed by atoms with Gasteiger partial charge in [-0.05, 0) is 31.5 Å². The largest absolute Gasteiger partial charge is 0.497 e. The predicted molar refractivity (Wildman–Crippen MR) is 141 cm³/mol. The maximum atomic E-state index is 13.5. The van der Waals surface area contributed by atoms with Crippen molar-refractivity contribution in [3.8, 4) is 5.75 Å². The number of carboxylic acid groups (broad SMARTS) is 1. The molecule has 3 amide bonds. The van der Waals surface area contributed by atoms with E-state index in [2.05, 4.69) is 10.6 Å². The molecule has 1 aromatic heterocycles. The van der Waals surface area contributed by atoms with Gasteiger partial charge in [0.25, 0.3) is 5.91 Å². The lowest BCUT2D eigenvalue weighted by atomic mass is 9.95. The number of amides is 3. The molecule has 0 bridgehead atoms. The minimum Gasteiger partial charge on any atom is -0.497 e. The average molecular weight is 552 g/mol. The summed E-state index contributed by atoms with van der Waals surface area (Å²) in [5.74, 6) is -2.67. The molecule has 5 rings (SSSR count). The van der Waals surface area contributed by atoms with Crippen molar-refractivity contribution in [2.45, 2.75) is 42.1 Å². The second kappa shape index (κ2) is 9.77. The molecule has 202 valence electrons. The maximum absolute atomic E-state index is 13.5. The van der Waals surface area contributed by atoms with Crippen LogP contribution in [0.15, 0.2) is 64.0 Å². The summed E-state index contributed by atoms with van der Waals surface area (Å²) < 4.78 is 9.87. The van der Waals surface area contributed by atoms with Crippen molar-refractivity contribution in [1.29, 1.82) is 0 Å². The highest BCUT2D eigenvalue weighted by molar-refractivity contribution is 8.01. The maximum Gasteiger partial charge on any atom is 0.327 e. The second-order valence-electron chi connectivity index (χ2n) is 9.74. The molecular formula is C27H25N3O8S. The number of thioether (sulfide) groups is 1. The number of fused-ring (bicyclic) bond motifs is 2. The highest BCUT2D eigenvalue weighted by Crippen LogP contribution is 2.50. The first-order chi connectivity index (χ1) is 18.5. The van der Waals surface area contributed by atoms with Crippen molar-refractivity contribution in [2.75, 3.05) is 7.11 Å². The molecule has 2 saturated heterocycles. The molecule has 0 radical (unpaired) electrons. The van der Waals surface area contributed by atoms with Gasteiger partial charge in [0.1, 0.15) is 46.7 Å². The van der Waals surface area contributed by atoms with Gasteiger partial charge in [0.05, 0.1) is 12.5 Å². The Kier molecular flexibility index (Phi) is 6.59. The SMILES string of the molecule is COc1ccc2c(=O)c(C(=O)NC(C(=O)N[C@@H]3C(=O)N4[C@@H]3SC(C)(C)[C@@H]4C(=O)O)c3ccccc3)coc2c1. The van der Waals surface area contributed by atoms with Gasteiger partial charge in [0, 0.05) is 10.8 Å². The number of carboxylic acids is 1. The lowest BCUT2D eigenvalue weighted by Crippen LogP contribution is -2.71. The number of hydrogen-bond donors (Lipinski definition) is 3. The molecule has 4 atom stereocenters. The van der Waals surface area contributed by atoms with Gasteiger partial charge in [-0.1, -0.05) is 30.3 Å². The smallest absolute Gasteiger partial charge is 0.327 e. The molecule has 3 heterocycles. The van der Waals surface area contributed by atoms with Crippen LogP contribution in [0.5, 0.6) is 5.75 Å². The number of aliphatic carboxylic acids is 1. The fourth-order valence-corrected chi connectivity index (χ4v) is 6.55. The van der Waals surface area contributed by atoms with Crippen LogP contribution in [-0.4, -0.2) is 63.0 Å². The van der Waals surface area contributed by atoms with Gasteiger partial charge in [-0.2, -0.15) is 0 Å². The lowest BCUT2D eigenvalue weighted by Gasteiger charge is -2.44. The van der Waals surface area contributed by atoms with Crippen molar-refractivity contribution < 1.29 is 33.4 Å². The van der Waals surface area contributed by atoms with E-state index in [1.807, 2.05) is 0 Å². The number of carbonyl (C=O) groups excluding carboxylic acids is 3. The summed E-state index contributed by atoms with van der Waals surface area (Å²) in [5.41, 5.74) is -0.231. The van der Waals surface area contributed by atoms with Crippen LogP contribution in [0.4, 0.5) is 0 Å². The number of nitrogens with one attached hydrogen (secondary N) is 2. The van der Waals surface area contributed by atoms with E-state index in [1.54, 1.807) is 50.2 Å². The molecule has 12 heteroatoms. The van der Waals surface area contributed by atoms with Crippen LogP contribution in [0.1, 0.15) is 35.8 Å². The van der Waals surface area contributed by atoms with Crippen molar-refractivity contribution in [1.82, 2.24) is 15.5 Å². The van der Waals surface area contributed by atoms with E-state index >= 15 is 0 Å². The third kappa shape index (κ3) is 4.50. The van der Waals surface area contributed by atoms with Crippen LogP contribution in [-0.2, 0) is 14.4 Å². The summed E-state index contributed by atoms with van der Waals surface area (Å²) in [6.07, 6.45) is 1.02. The molecule has 39 heavy (non-hydrogen) atoms. The van der Waals surface area contributed by atoms with E-state index in [0.29, 0.717) is 11.3 Å². The molecule has 2 aromatic carbocycles. The molecule has 2 aliphatic heterocycles. The molecule has 1 unspecified atom stereocenters. The molecule has 3 aromatic rings. The Hall–Kier alpha value is -4.32. The number of β-lactam (4-membered cyclic amide) rings is 1. The summed E-state index contributed by atoms with van der Waals surface area (Å²) in [5, 5.41) is 14.5. The first-order valence-electron chi connectivity index (χ1n) is 12.0. The molecule has 2 fully saturated rings. The topological polar surface area (TPSA) is 155 Å². The Morgan fingerprint density at radius 3 is 2.51 bits per heavy atom. The zero-order chi connectivity index (χ0) is 28.1. The fraction of sp³-hybridized carbons (Fsp3) is 0.296. The Bertz CT molecular complexity index is 1550. The summed E-state index contributed by atoms with van der Waals surface area (Å²) >= 11 is 1.29. The van der Waals surface area contributed by atoms with Gasteiger partial charge in [0.15, 0.2) is 0 Å². The number of benzene rings is 2.